The zero-order chi connectivity index (χ0) is 51.9. The number of aromatic nitrogens is 3. The highest BCUT2D eigenvalue weighted by Gasteiger charge is 2.33. The summed E-state index contributed by atoms with van der Waals surface area (Å²) in [4.78, 5) is 94.4. The molecule has 0 bridgehead atoms. The summed E-state index contributed by atoms with van der Waals surface area (Å²) in [6.45, 7) is 13.5. The Morgan fingerprint density at radius 3 is 1.05 bits per heavy atom. The number of nitrogens with zero attached hydrogens (tertiary/aromatic N) is 3. The van der Waals surface area contributed by atoms with Gasteiger partial charge in [0, 0.05) is 100 Å². The molecule has 75 heavy (non-hydrogen) atoms. The van der Waals surface area contributed by atoms with Crippen LogP contribution in [0.5, 0.6) is 0 Å². The molecule has 3 heterocycles. The van der Waals surface area contributed by atoms with E-state index in [1.165, 1.54) is 13.7 Å². The normalized spacial score (nSPS) is 14.2. The fourth-order valence-electron chi connectivity index (χ4n) is 14.3. The summed E-state index contributed by atoms with van der Waals surface area (Å²) in [5.74, 6) is 0.222. The van der Waals surface area contributed by atoms with Crippen LogP contribution in [0.25, 0.3) is 129 Å². The molecule has 0 spiro atoms. The monoisotopic (exact) mass is 993 g/mol. The van der Waals surface area contributed by atoms with E-state index in [4.69, 9.17) is 0 Å². The van der Waals surface area contributed by atoms with Crippen molar-refractivity contribution in [1.29, 1.82) is 0 Å². The van der Waals surface area contributed by atoms with E-state index in [9.17, 15) is 0 Å². The van der Waals surface area contributed by atoms with Gasteiger partial charge in [-0.05, 0) is 116 Å². The third-order valence-corrected chi connectivity index (χ3v) is 18.4. The Kier molecular flexibility index (Phi) is 11.2. The first kappa shape index (κ1) is 47.5. The molecule has 3 unspecified atom stereocenters. The van der Waals surface area contributed by atoms with Crippen molar-refractivity contribution in [1.82, 2.24) is 13.7 Å². The summed E-state index contributed by atoms with van der Waals surface area (Å²) in [6, 6.07) is 23.4. The molecule has 0 aliphatic heterocycles. The van der Waals surface area contributed by atoms with E-state index in [-0.39, 0.29) is 64.8 Å². The molecule has 378 valence electrons. The molecule has 0 saturated heterocycles. The van der Waals surface area contributed by atoms with Crippen LogP contribution >= 0.6 is 0 Å². The molecule has 13 rings (SSSR count). The molecule has 0 amide bonds. The summed E-state index contributed by atoms with van der Waals surface area (Å²) in [5.41, 5.74) is -2.37. The number of benzene rings is 7. The van der Waals surface area contributed by atoms with Crippen LogP contribution in [0.3, 0.4) is 0 Å². The van der Waals surface area contributed by atoms with Crippen LogP contribution < -0.4 is 33.4 Å². The predicted octanol–water partition coefficient (Wildman–Crippen LogP) is 14.4. The van der Waals surface area contributed by atoms with Crippen LogP contribution in [-0.4, -0.2) is 13.7 Å². The van der Waals surface area contributed by atoms with Crippen molar-refractivity contribution in [2.75, 3.05) is 0 Å². The van der Waals surface area contributed by atoms with E-state index in [0.29, 0.717) is 48.5 Å². The number of unbranched alkanes of at least 4 members (excludes halogenated alkanes) is 3. The maximum Gasteiger partial charge on any atom is 0.261 e. The Balaban J connectivity index is 1.36. The first-order valence-electron chi connectivity index (χ1n) is 28.1. The van der Waals surface area contributed by atoms with Gasteiger partial charge in [0.1, 0.15) is 0 Å². The Hall–Kier alpha value is -7.26. The summed E-state index contributed by atoms with van der Waals surface area (Å²) in [7, 11) is 0. The summed E-state index contributed by atoms with van der Waals surface area (Å²) in [5, 5.41) is 16.1. The van der Waals surface area contributed by atoms with Gasteiger partial charge in [-0.1, -0.05) is 142 Å². The number of fused-ring (bicyclic) bond motifs is 3. The molecule has 13 aromatic rings. The fourth-order valence-corrected chi connectivity index (χ4v) is 14.3. The van der Waals surface area contributed by atoms with Crippen molar-refractivity contribution in [2.24, 2.45) is 17.8 Å². The molecule has 0 fully saturated rings. The highest BCUT2D eigenvalue weighted by Crippen LogP contribution is 2.57. The van der Waals surface area contributed by atoms with Gasteiger partial charge in [0.15, 0.2) is 0 Å². The van der Waals surface area contributed by atoms with Crippen LogP contribution in [0, 0.1) is 17.8 Å². The first-order chi connectivity index (χ1) is 36.5. The van der Waals surface area contributed by atoms with E-state index in [1.54, 1.807) is 6.07 Å². The second kappa shape index (κ2) is 17.7. The number of hydrogen-bond acceptors (Lipinski definition) is 6. The lowest BCUT2D eigenvalue weighted by Crippen LogP contribution is -2.36. The molecule has 9 heteroatoms. The van der Waals surface area contributed by atoms with Crippen molar-refractivity contribution >= 4 is 129 Å². The van der Waals surface area contributed by atoms with Gasteiger partial charge in [0.05, 0.1) is 0 Å². The molecule has 0 aliphatic carbocycles. The van der Waals surface area contributed by atoms with E-state index in [2.05, 4.69) is 53.7 Å². The van der Waals surface area contributed by atoms with Gasteiger partial charge in [0.2, 0.25) is 0 Å². The van der Waals surface area contributed by atoms with Gasteiger partial charge in [0.25, 0.3) is 33.4 Å². The average Bonchev–Trinajstić information content (AvgIpc) is 4.22. The van der Waals surface area contributed by atoms with Gasteiger partial charge >= 0.3 is 0 Å². The van der Waals surface area contributed by atoms with E-state index < -0.39 is 16.7 Å². The van der Waals surface area contributed by atoms with E-state index >= 15 is 28.8 Å². The number of hydrogen-bond donors (Lipinski definition) is 0. The van der Waals surface area contributed by atoms with E-state index in [0.717, 1.165) is 147 Å². The van der Waals surface area contributed by atoms with Crippen molar-refractivity contribution in [3.63, 3.8) is 0 Å². The van der Waals surface area contributed by atoms with Crippen molar-refractivity contribution in [3.05, 3.63) is 135 Å². The lowest BCUT2D eigenvalue weighted by molar-refractivity contribution is 0.382. The fraction of sp³-hybridized carbons (Fsp3) is 0.364. The lowest BCUT2D eigenvalue weighted by atomic mass is 9.95. The molecule has 9 nitrogen and oxygen atoms in total. The molecule has 10 aromatic carbocycles. The lowest BCUT2D eigenvalue weighted by Gasteiger charge is -2.17. The minimum absolute atomic E-state index is 0.0178. The van der Waals surface area contributed by atoms with Crippen molar-refractivity contribution in [2.45, 2.75) is 138 Å². The molecule has 0 saturated carbocycles. The maximum atomic E-state index is 16.2. The highest BCUT2D eigenvalue weighted by molar-refractivity contribution is 6.59. The van der Waals surface area contributed by atoms with Crippen LogP contribution in [0.1, 0.15) is 119 Å². The quantitative estimate of drug-likeness (QED) is 0.0845. The molecule has 0 N–H and O–H groups in total. The van der Waals surface area contributed by atoms with Gasteiger partial charge in [-0.15, -0.1) is 0 Å². The molecule has 0 aliphatic rings. The van der Waals surface area contributed by atoms with Gasteiger partial charge in [-0.25, -0.2) is 0 Å². The summed E-state index contributed by atoms with van der Waals surface area (Å²) in [6.07, 6.45) is 10.9. The largest absolute Gasteiger partial charge is 0.274 e. The van der Waals surface area contributed by atoms with Gasteiger partial charge in [-0.3, -0.25) is 42.5 Å². The van der Waals surface area contributed by atoms with Crippen LogP contribution in [-0.2, 0) is 19.6 Å². The highest BCUT2D eigenvalue weighted by atomic mass is 16.2. The predicted molar refractivity (Wildman–Crippen MR) is 315 cm³/mol. The van der Waals surface area contributed by atoms with Crippen LogP contribution in [0.15, 0.2) is 102 Å². The maximum absolute atomic E-state index is 16.2. The molecule has 3 aromatic heterocycles. The first-order valence-corrected chi connectivity index (χ1v) is 28.1. The summed E-state index contributed by atoms with van der Waals surface area (Å²) >= 11 is 0. The van der Waals surface area contributed by atoms with Crippen LogP contribution in [0.2, 0.25) is 0 Å². The van der Waals surface area contributed by atoms with Gasteiger partial charge < -0.3 is 0 Å². The topological polar surface area (TPSA) is 117 Å². The van der Waals surface area contributed by atoms with Gasteiger partial charge in [-0.2, -0.15) is 0 Å². The minimum Gasteiger partial charge on any atom is -0.274 e. The zero-order valence-corrected chi connectivity index (χ0v) is 44.1. The Morgan fingerprint density at radius 2 is 0.613 bits per heavy atom. The zero-order valence-electron chi connectivity index (χ0n) is 44.1. The van der Waals surface area contributed by atoms with Crippen molar-refractivity contribution in [3.8, 4) is 0 Å². The Bertz CT molecular complexity index is 4820. The van der Waals surface area contributed by atoms with Crippen LogP contribution in [0.4, 0.5) is 0 Å². The average molecular weight is 994 g/mol. The minimum atomic E-state index is -0.469. The molecular formula is C66H63N3O6. The van der Waals surface area contributed by atoms with E-state index in [1.807, 2.05) is 54.6 Å². The standard InChI is InChI=1S/C66H63N3O6/c1-7-13-17-34(10-4)31-67-62(71)42-25-22-37-20-16-21-39-47(37)53(42)57-51(39)52-40-28-29-41-49-45(65(74)68(61(41)70)32-35(11-5)18-14-8-2)30-46-56(50(40)49)58(52)60-55-44(64(73)69(66(46)75)33-36(12-6)19-15-9-3)27-24-38-23-26-43(63(67)72)54(48(38)55)59(57)60/h16,20-30,34-36H,7-15,17-19,31-33H2,1-6H3. The summed E-state index contributed by atoms with van der Waals surface area (Å²) < 4.78 is 4.36. The third-order valence-electron chi connectivity index (χ3n) is 18.4. The molecular weight excluding hydrogens is 931 g/mol. The second-order valence-electron chi connectivity index (χ2n) is 22.4. The number of pyridine rings is 1. The SMILES string of the molecule is CCCCC(CC)Cn1c(=O)c2ccc3c4c2c(cc2c(=O)n(CC(CC)CCCC)c(=O)c5ccc6ccc7c(=O)n(CC(CC)CCCC)c(=O)c8ccc9cccc%10c9c8c8c%10c3c(c24)c2c5c6c7c82)c1=O. The van der Waals surface area contributed by atoms with Crippen molar-refractivity contribution < 1.29 is 0 Å². The smallest absolute Gasteiger partial charge is 0.261 e. The Morgan fingerprint density at radius 1 is 0.307 bits per heavy atom. The Labute approximate surface area is 432 Å². The second-order valence-corrected chi connectivity index (χ2v) is 22.4. The third kappa shape index (κ3) is 6.42. The molecule has 0 radical (unpaired) electrons. The molecule has 3 atom stereocenters. The number of rotatable bonds is 18.